The molecule has 0 aromatic heterocycles. The van der Waals surface area contributed by atoms with Crippen molar-refractivity contribution in [3.63, 3.8) is 0 Å². The van der Waals surface area contributed by atoms with Crippen LogP contribution in [0.3, 0.4) is 0 Å². The highest BCUT2D eigenvalue weighted by molar-refractivity contribution is 5.73. The average molecular weight is 311 g/mol. The Labute approximate surface area is 129 Å². The summed E-state index contributed by atoms with van der Waals surface area (Å²) in [4.78, 5) is 12.7. The average Bonchev–Trinajstić information content (AvgIpc) is 2.51. The number of halogens is 1. The van der Waals surface area contributed by atoms with Crippen LogP contribution in [0, 0.1) is 5.82 Å². The molecule has 1 aromatic rings. The molecule has 22 heavy (non-hydrogen) atoms. The summed E-state index contributed by atoms with van der Waals surface area (Å²) in [5.41, 5.74) is 1.13. The van der Waals surface area contributed by atoms with Gasteiger partial charge in [0, 0.05) is 33.1 Å². The first-order valence-corrected chi connectivity index (χ1v) is 7.35. The number of rotatable bonds is 6. The Kier molecular flexibility index (Phi) is 5.97. The lowest BCUT2D eigenvalue weighted by Gasteiger charge is -2.31. The van der Waals surface area contributed by atoms with E-state index in [9.17, 15) is 14.3 Å². The molecule has 0 bridgehead atoms. The molecule has 0 radical (unpaired) electrons. The van der Waals surface area contributed by atoms with Crippen molar-refractivity contribution >= 4 is 17.3 Å². The van der Waals surface area contributed by atoms with Crippen LogP contribution in [0.5, 0.6) is 0 Å². The minimum atomic E-state index is -0.746. The highest BCUT2D eigenvalue weighted by Crippen LogP contribution is 2.29. The number of hydrogen-bond donors (Lipinski definition) is 3. The monoisotopic (exact) mass is 311 g/mol. The number of hydrogen-bond acceptors (Lipinski definition) is 5. The summed E-state index contributed by atoms with van der Waals surface area (Å²) in [6.07, 6.45) is -0.746. The zero-order valence-corrected chi connectivity index (χ0v) is 12.6. The van der Waals surface area contributed by atoms with E-state index < -0.39 is 6.10 Å². The van der Waals surface area contributed by atoms with Crippen molar-refractivity contribution in [2.75, 3.05) is 49.6 Å². The standard InChI is InChI=1S/C15H22FN3O3/c1-11(20)17-9-12(21)10-18-14-4-2-3-13(16)15(14)19-5-7-22-8-6-19/h2-4,12,18,21H,5-10H2,1H3,(H,17,20). The molecule has 1 aliphatic rings. The highest BCUT2D eigenvalue weighted by Gasteiger charge is 2.19. The predicted molar refractivity (Wildman–Crippen MR) is 82.6 cm³/mol. The summed E-state index contributed by atoms with van der Waals surface area (Å²) >= 11 is 0. The molecule has 7 heteroatoms. The Balaban J connectivity index is 2.00. The van der Waals surface area contributed by atoms with Gasteiger partial charge >= 0.3 is 0 Å². The molecular formula is C15H22FN3O3. The number of morpholine rings is 1. The zero-order valence-electron chi connectivity index (χ0n) is 12.6. The van der Waals surface area contributed by atoms with Crippen LogP contribution in [0.2, 0.25) is 0 Å². The second-order valence-corrected chi connectivity index (χ2v) is 5.21. The number of nitrogens with zero attached hydrogens (tertiary/aromatic N) is 1. The number of nitrogens with one attached hydrogen (secondary N) is 2. The van der Waals surface area contributed by atoms with Gasteiger partial charge in [0.25, 0.3) is 0 Å². The lowest BCUT2D eigenvalue weighted by atomic mass is 10.2. The number of carbonyl (C=O) groups is 1. The van der Waals surface area contributed by atoms with Crippen LogP contribution in [0.4, 0.5) is 15.8 Å². The van der Waals surface area contributed by atoms with Crippen LogP contribution in [-0.4, -0.2) is 56.5 Å². The van der Waals surface area contributed by atoms with Gasteiger partial charge in [-0.25, -0.2) is 4.39 Å². The summed E-state index contributed by atoms with van der Waals surface area (Å²) in [5, 5.41) is 15.4. The van der Waals surface area contributed by atoms with Crippen molar-refractivity contribution < 1.29 is 19.0 Å². The molecule has 1 atom stereocenters. The lowest BCUT2D eigenvalue weighted by Crippen LogP contribution is -2.38. The molecule has 1 heterocycles. The lowest BCUT2D eigenvalue weighted by molar-refractivity contribution is -0.119. The van der Waals surface area contributed by atoms with Gasteiger partial charge < -0.3 is 25.4 Å². The number of aliphatic hydroxyl groups is 1. The Hall–Kier alpha value is -1.86. The quantitative estimate of drug-likeness (QED) is 0.716. The van der Waals surface area contributed by atoms with Crippen LogP contribution >= 0.6 is 0 Å². The van der Waals surface area contributed by atoms with Gasteiger partial charge in [0.15, 0.2) is 0 Å². The molecule has 122 valence electrons. The maximum Gasteiger partial charge on any atom is 0.216 e. The fourth-order valence-corrected chi connectivity index (χ4v) is 2.33. The maximum atomic E-state index is 14.2. The number of carbonyl (C=O) groups excluding carboxylic acids is 1. The predicted octanol–water partition coefficient (Wildman–Crippen LogP) is 0.571. The van der Waals surface area contributed by atoms with E-state index in [-0.39, 0.29) is 24.8 Å². The van der Waals surface area contributed by atoms with E-state index in [1.54, 1.807) is 12.1 Å². The molecule has 1 amide bonds. The number of benzene rings is 1. The van der Waals surface area contributed by atoms with E-state index >= 15 is 0 Å². The van der Waals surface area contributed by atoms with E-state index in [4.69, 9.17) is 4.74 Å². The molecule has 6 nitrogen and oxygen atoms in total. The molecule has 0 spiro atoms. The van der Waals surface area contributed by atoms with Gasteiger partial charge in [-0.2, -0.15) is 0 Å². The maximum absolute atomic E-state index is 14.2. The van der Waals surface area contributed by atoms with E-state index in [0.29, 0.717) is 37.7 Å². The van der Waals surface area contributed by atoms with Crippen LogP contribution in [-0.2, 0) is 9.53 Å². The van der Waals surface area contributed by atoms with Crippen molar-refractivity contribution in [1.29, 1.82) is 0 Å². The summed E-state index contributed by atoms with van der Waals surface area (Å²) in [5.74, 6) is -0.498. The third-order valence-electron chi connectivity index (χ3n) is 3.43. The van der Waals surface area contributed by atoms with Gasteiger partial charge in [0.05, 0.1) is 30.7 Å². The van der Waals surface area contributed by atoms with Gasteiger partial charge in [-0.05, 0) is 12.1 Å². The first kappa shape index (κ1) is 16.5. The third-order valence-corrected chi connectivity index (χ3v) is 3.43. The third kappa shape index (κ3) is 4.57. The van der Waals surface area contributed by atoms with E-state index in [1.165, 1.54) is 13.0 Å². The van der Waals surface area contributed by atoms with Crippen molar-refractivity contribution in [3.05, 3.63) is 24.0 Å². The van der Waals surface area contributed by atoms with Crippen molar-refractivity contribution in [2.45, 2.75) is 13.0 Å². The number of ether oxygens (including phenoxy) is 1. The Morgan fingerprint density at radius 3 is 2.82 bits per heavy atom. The van der Waals surface area contributed by atoms with Gasteiger partial charge in [-0.3, -0.25) is 4.79 Å². The Morgan fingerprint density at radius 1 is 1.41 bits per heavy atom. The summed E-state index contributed by atoms with van der Waals surface area (Å²) < 4.78 is 19.5. The molecular weight excluding hydrogens is 289 g/mol. The molecule has 1 unspecified atom stereocenters. The fraction of sp³-hybridized carbons (Fsp3) is 0.533. The molecule has 2 rings (SSSR count). The van der Waals surface area contributed by atoms with Crippen molar-refractivity contribution in [1.82, 2.24) is 5.32 Å². The molecule has 1 fully saturated rings. The normalized spacial score (nSPS) is 16.2. The van der Waals surface area contributed by atoms with Gasteiger partial charge in [-0.15, -0.1) is 0 Å². The molecule has 1 aliphatic heterocycles. The number of para-hydroxylation sites is 1. The van der Waals surface area contributed by atoms with E-state index in [2.05, 4.69) is 10.6 Å². The van der Waals surface area contributed by atoms with Gasteiger partial charge in [0.1, 0.15) is 5.82 Å². The minimum absolute atomic E-state index is 0.157. The largest absolute Gasteiger partial charge is 0.389 e. The Bertz CT molecular complexity index is 507. The van der Waals surface area contributed by atoms with Gasteiger partial charge in [0.2, 0.25) is 5.91 Å². The molecule has 1 aromatic carbocycles. The number of amides is 1. The summed E-state index contributed by atoms with van der Waals surface area (Å²) in [7, 11) is 0. The van der Waals surface area contributed by atoms with Crippen LogP contribution < -0.4 is 15.5 Å². The zero-order chi connectivity index (χ0) is 15.9. The van der Waals surface area contributed by atoms with Crippen molar-refractivity contribution in [2.24, 2.45) is 0 Å². The van der Waals surface area contributed by atoms with Crippen LogP contribution in [0.1, 0.15) is 6.92 Å². The summed E-state index contributed by atoms with van der Waals surface area (Å²) in [6, 6.07) is 4.82. The second kappa shape index (κ2) is 7.95. The molecule has 0 aliphatic carbocycles. The SMILES string of the molecule is CC(=O)NCC(O)CNc1cccc(F)c1N1CCOCC1. The second-order valence-electron chi connectivity index (χ2n) is 5.21. The Morgan fingerprint density at radius 2 is 2.14 bits per heavy atom. The number of aliphatic hydroxyl groups excluding tert-OH is 1. The van der Waals surface area contributed by atoms with Crippen molar-refractivity contribution in [3.8, 4) is 0 Å². The smallest absolute Gasteiger partial charge is 0.216 e. The molecule has 1 saturated heterocycles. The molecule has 3 N–H and O–H groups in total. The first-order chi connectivity index (χ1) is 10.6. The highest BCUT2D eigenvalue weighted by atomic mass is 19.1. The summed E-state index contributed by atoms with van der Waals surface area (Å²) in [6.45, 7) is 4.17. The van der Waals surface area contributed by atoms with E-state index in [0.717, 1.165) is 0 Å². The topological polar surface area (TPSA) is 73.8 Å². The first-order valence-electron chi connectivity index (χ1n) is 7.35. The molecule has 0 saturated carbocycles. The van der Waals surface area contributed by atoms with Crippen LogP contribution in [0.15, 0.2) is 18.2 Å². The van der Waals surface area contributed by atoms with Crippen LogP contribution in [0.25, 0.3) is 0 Å². The number of anilines is 2. The van der Waals surface area contributed by atoms with E-state index in [1.807, 2.05) is 4.90 Å². The fourth-order valence-electron chi connectivity index (χ4n) is 2.33. The van der Waals surface area contributed by atoms with Gasteiger partial charge in [-0.1, -0.05) is 6.07 Å². The minimum Gasteiger partial charge on any atom is -0.389 e.